The summed E-state index contributed by atoms with van der Waals surface area (Å²) < 4.78 is 25.1. The van der Waals surface area contributed by atoms with Gasteiger partial charge in [0.25, 0.3) is 0 Å². The summed E-state index contributed by atoms with van der Waals surface area (Å²) in [4.78, 5) is 0. The van der Waals surface area contributed by atoms with Crippen molar-refractivity contribution in [2.75, 3.05) is 0 Å². The maximum atomic E-state index is 12.7. The van der Waals surface area contributed by atoms with Crippen molar-refractivity contribution in [2.45, 2.75) is 6.54 Å². The van der Waals surface area contributed by atoms with E-state index >= 15 is 0 Å². The maximum absolute atomic E-state index is 12.7. The van der Waals surface area contributed by atoms with E-state index in [1.54, 1.807) is 5.48 Å². The monoisotopic (exact) mass is 195 g/mol. The Morgan fingerprint density at radius 3 is 2.58 bits per heavy atom. The summed E-state index contributed by atoms with van der Waals surface area (Å²) in [5.41, 5.74) is 1.85. The van der Waals surface area contributed by atoms with E-state index in [4.69, 9.17) is 5.21 Å². The summed E-state index contributed by atoms with van der Waals surface area (Å²) in [5, 5.41) is 8.20. The van der Waals surface area contributed by atoms with Crippen LogP contribution in [0.5, 0.6) is 0 Å². The van der Waals surface area contributed by atoms with Crippen LogP contribution in [0.1, 0.15) is 5.56 Å². The van der Waals surface area contributed by atoms with Crippen LogP contribution < -0.4 is 5.48 Å². The molecule has 0 aliphatic heterocycles. The number of hydrogen-bond acceptors (Lipinski definition) is 2. The summed E-state index contributed by atoms with van der Waals surface area (Å²) in [6, 6.07) is 3.79. The van der Waals surface area contributed by atoms with Crippen LogP contribution in [0, 0.1) is 11.6 Å². The fraction of sp³-hybridized carbons (Fsp3) is 0.143. The summed E-state index contributed by atoms with van der Waals surface area (Å²) in [5.74, 6) is -1.83. The molecule has 5 heteroatoms. The summed E-state index contributed by atoms with van der Waals surface area (Å²) in [6.45, 7) is -0.0937. The number of hydroxylamine groups is 1. The van der Waals surface area contributed by atoms with Gasteiger partial charge in [0.05, 0.1) is 0 Å². The Labute approximate surface area is 74.6 Å². The smallest absolute Gasteiger partial charge is 0.163 e. The van der Waals surface area contributed by atoms with Gasteiger partial charge in [-0.15, -0.1) is 12.4 Å². The first-order chi connectivity index (χ1) is 5.25. The molecule has 0 amide bonds. The average molecular weight is 196 g/mol. The highest BCUT2D eigenvalue weighted by Crippen LogP contribution is 2.10. The van der Waals surface area contributed by atoms with Crippen molar-refractivity contribution in [2.24, 2.45) is 0 Å². The molecule has 2 nitrogen and oxygen atoms in total. The van der Waals surface area contributed by atoms with Gasteiger partial charge < -0.3 is 5.21 Å². The second-order valence-electron chi connectivity index (χ2n) is 2.05. The largest absolute Gasteiger partial charge is 0.316 e. The Hall–Kier alpha value is -0.710. The lowest BCUT2D eigenvalue weighted by atomic mass is 10.2. The lowest BCUT2D eigenvalue weighted by Crippen LogP contribution is -2.08. The third-order valence-electron chi connectivity index (χ3n) is 1.30. The van der Waals surface area contributed by atoms with Crippen molar-refractivity contribution in [3.05, 3.63) is 35.4 Å². The molecule has 0 radical (unpaired) electrons. The van der Waals surface area contributed by atoms with Crippen molar-refractivity contribution in [1.29, 1.82) is 0 Å². The van der Waals surface area contributed by atoms with Gasteiger partial charge in [0.15, 0.2) is 11.6 Å². The molecule has 0 aliphatic carbocycles. The molecular formula is C7H8ClF2NO. The van der Waals surface area contributed by atoms with Gasteiger partial charge in [-0.05, 0) is 6.07 Å². The second kappa shape index (κ2) is 5.03. The first-order valence-corrected chi connectivity index (χ1v) is 3.05. The molecule has 2 N–H and O–H groups in total. The molecule has 0 aromatic heterocycles. The zero-order valence-corrected chi connectivity index (χ0v) is 6.87. The van der Waals surface area contributed by atoms with Crippen molar-refractivity contribution in [1.82, 2.24) is 5.48 Å². The molecule has 0 heterocycles. The molecule has 0 saturated heterocycles. The van der Waals surface area contributed by atoms with Gasteiger partial charge in [-0.2, -0.15) is 0 Å². The molecule has 0 fully saturated rings. The number of benzene rings is 1. The highest BCUT2D eigenvalue weighted by atomic mass is 35.5. The summed E-state index contributed by atoms with van der Waals surface area (Å²) in [7, 11) is 0. The topological polar surface area (TPSA) is 32.3 Å². The molecule has 0 aliphatic rings. The fourth-order valence-corrected chi connectivity index (χ4v) is 0.770. The van der Waals surface area contributed by atoms with E-state index in [-0.39, 0.29) is 24.5 Å². The zero-order valence-electron chi connectivity index (χ0n) is 6.05. The van der Waals surface area contributed by atoms with Gasteiger partial charge >= 0.3 is 0 Å². The molecule has 0 bridgehead atoms. The molecule has 0 unspecified atom stereocenters. The molecular weight excluding hydrogens is 188 g/mol. The van der Waals surface area contributed by atoms with Crippen LogP contribution in [0.15, 0.2) is 18.2 Å². The quantitative estimate of drug-likeness (QED) is 0.707. The summed E-state index contributed by atoms with van der Waals surface area (Å²) >= 11 is 0. The van der Waals surface area contributed by atoms with Gasteiger partial charge in [0.2, 0.25) is 0 Å². The minimum absolute atomic E-state index is 0. The van der Waals surface area contributed by atoms with Gasteiger partial charge in [0, 0.05) is 12.1 Å². The highest BCUT2D eigenvalue weighted by molar-refractivity contribution is 5.85. The normalized spacial score (nSPS) is 9.25. The van der Waals surface area contributed by atoms with Crippen LogP contribution in [0.3, 0.4) is 0 Å². The van der Waals surface area contributed by atoms with Crippen LogP contribution in [-0.2, 0) is 6.54 Å². The third kappa shape index (κ3) is 2.41. The first-order valence-electron chi connectivity index (χ1n) is 3.05. The molecule has 68 valence electrons. The second-order valence-corrected chi connectivity index (χ2v) is 2.05. The van der Waals surface area contributed by atoms with Crippen molar-refractivity contribution in [3.63, 3.8) is 0 Å². The Balaban J connectivity index is 0.00000121. The predicted octanol–water partition coefficient (Wildman–Crippen LogP) is 1.87. The Morgan fingerprint density at radius 1 is 1.33 bits per heavy atom. The Morgan fingerprint density at radius 2 is 2.00 bits per heavy atom. The SMILES string of the molecule is Cl.ONCc1cccc(F)c1F. The van der Waals surface area contributed by atoms with Crippen LogP contribution in [0.4, 0.5) is 8.78 Å². The van der Waals surface area contributed by atoms with Crippen LogP contribution in [-0.4, -0.2) is 5.21 Å². The fourth-order valence-electron chi connectivity index (χ4n) is 0.770. The van der Waals surface area contributed by atoms with E-state index in [1.165, 1.54) is 12.1 Å². The van der Waals surface area contributed by atoms with Gasteiger partial charge in [-0.1, -0.05) is 12.1 Å². The van der Waals surface area contributed by atoms with Crippen LogP contribution in [0.25, 0.3) is 0 Å². The van der Waals surface area contributed by atoms with E-state index in [9.17, 15) is 8.78 Å². The van der Waals surface area contributed by atoms with Crippen molar-refractivity contribution >= 4 is 12.4 Å². The molecule has 0 spiro atoms. The lowest BCUT2D eigenvalue weighted by molar-refractivity contribution is 0.159. The number of nitrogens with one attached hydrogen (secondary N) is 1. The minimum Gasteiger partial charge on any atom is -0.316 e. The van der Waals surface area contributed by atoms with Gasteiger partial charge in [-0.25, -0.2) is 14.3 Å². The van der Waals surface area contributed by atoms with Crippen LogP contribution >= 0.6 is 12.4 Å². The average Bonchev–Trinajstić information content (AvgIpc) is 1.99. The zero-order chi connectivity index (χ0) is 8.27. The van der Waals surface area contributed by atoms with E-state index < -0.39 is 11.6 Å². The highest BCUT2D eigenvalue weighted by Gasteiger charge is 2.05. The summed E-state index contributed by atoms with van der Waals surface area (Å²) in [6.07, 6.45) is 0. The molecule has 12 heavy (non-hydrogen) atoms. The predicted molar refractivity (Wildman–Crippen MR) is 42.2 cm³/mol. The van der Waals surface area contributed by atoms with Crippen molar-refractivity contribution < 1.29 is 14.0 Å². The maximum Gasteiger partial charge on any atom is 0.163 e. The van der Waals surface area contributed by atoms with E-state index in [0.29, 0.717) is 0 Å². The number of hydrogen-bond donors (Lipinski definition) is 2. The van der Waals surface area contributed by atoms with Gasteiger partial charge in [0.1, 0.15) is 0 Å². The van der Waals surface area contributed by atoms with E-state index in [0.717, 1.165) is 6.07 Å². The molecule has 1 aromatic rings. The van der Waals surface area contributed by atoms with E-state index in [2.05, 4.69) is 0 Å². The Kier molecular flexibility index (Phi) is 4.73. The van der Waals surface area contributed by atoms with Crippen molar-refractivity contribution in [3.8, 4) is 0 Å². The standard InChI is InChI=1S/C7H7F2NO.ClH/c8-6-3-1-2-5(4-10-11)7(6)9;/h1-3,10-11H,4H2;1H. The lowest BCUT2D eigenvalue weighted by Gasteiger charge is -2.00. The number of halogens is 3. The van der Waals surface area contributed by atoms with Crippen LogP contribution in [0.2, 0.25) is 0 Å². The van der Waals surface area contributed by atoms with E-state index in [1.807, 2.05) is 0 Å². The molecule has 0 saturated carbocycles. The minimum atomic E-state index is -0.922. The molecule has 1 rings (SSSR count). The molecule has 1 aromatic carbocycles. The third-order valence-corrected chi connectivity index (χ3v) is 1.30. The molecule has 0 atom stereocenters. The Bertz CT molecular complexity index is 257. The number of rotatable bonds is 2. The first kappa shape index (κ1) is 11.3. The van der Waals surface area contributed by atoms with Gasteiger partial charge in [-0.3, -0.25) is 0 Å².